The molecule has 1 heterocycles. The SMILES string of the molecule is COc1ccc(C(=O)C(C)N2CC(C)CC(C)C2C)cc1. The van der Waals surface area contributed by atoms with Gasteiger partial charge < -0.3 is 4.74 Å². The maximum atomic E-state index is 12.7. The van der Waals surface area contributed by atoms with E-state index in [9.17, 15) is 4.79 Å². The third-order valence-corrected chi connectivity index (χ3v) is 4.89. The molecule has 4 atom stereocenters. The lowest BCUT2D eigenvalue weighted by Gasteiger charge is -2.43. The van der Waals surface area contributed by atoms with Crippen molar-refractivity contribution in [1.29, 1.82) is 0 Å². The van der Waals surface area contributed by atoms with Gasteiger partial charge in [-0.2, -0.15) is 0 Å². The van der Waals surface area contributed by atoms with Crippen molar-refractivity contribution in [3.05, 3.63) is 29.8 Å². The Balaban J connectivity index is 2.13. The largest absolute Gasteiger partial charge is 0.497 e. The Morgan fingerprint density at radius 1 is 1.24 bits per heavy atom. The average molecular weight is 289 g/mol. The highest BCUT2D eigenvalue weighted by molar-refractivity contribution is 6.00. The highest BCUT2D eigenvalue weighted by atomic mass is 16.5. The molecule has 3 heteroatoms. The molecule has 2 rings (SSSR count). The molecule has 1 aliphatic rings. The van der Waals surface area contributed by atoms with Crippen molar-refractivity contribution in [2.75, 3.05) is 13.7 Å². The van der Waals surface area contributed by atoms with E-state index in [4.69, 9.17) is 4.74 Å². The van der Waals surface area contributed by atoms with Gasteiger partial charge in [-0.3, -0.25) is 9.69 Å². The number of hydrogen-bond acceptors (Lipinski definition) is 3. The molecule has 0 amide bonds. The summed E-state index contributed by atoms with van der Waals surface area (Å²) >= 11 is 0. The number of rotatable bonds is 4. The number of ketones is 1. The fourth-order valence-electron chi connectivity index (χ4n) is 3.42. The molecule has 1 aliphatic heterocycles. The summed E-state index contributed by atoms with van der Waals surface area (Å²) in [6.07, 6.45) is 1.25. The van der Waals surface area contributed by atoms with Crippen LogP contribution in [0.2, 0.25) is 0 Å². The van der Waals surface area contributed by atoms with Gasteiger partial charge in [0, 0.05) is 18.2 Å². The Hall–Kier alpha value is -1.35. The van der Waals surface area contributed by atoms with E-state index in [1.165, 1.54) is 6.42 Å². The van der Waals surface area contributed by atoms with E-state index in [2.05, 4.69) is 25.7 Å². The second kappa shape index (κ2) is 6.61. The van der Waals surface area contributed by atoms with Crippen molar-refractivity contribution < 1.29 is 9.53 Å². The average Bonchev–Trinajstić information content (AvgIpc) is 2.49. The molecule has 3 nitrogen and oxygen atoms in total. The first-order valence-corrected chi connectivity index (χ1v) is 7.88. The van der Waals surface area contributed by atoms with Crippen LogP contribution in [0.5, 0.6) is 5.75 Å². The van der Waals surface area contributed by atoms with E-state index in [0.717, 1.165) is 17.9 Å². The number of hydrogen-bond donors (Lipinski definition) is 0. The zero-order valence-electron chi connectivity index (χ0n) is 13.8. The maximum Gasteiger partial charge on any atom is 0.179 e. The molecule has 0 N–H and O–H groups in total. The van der Waals surface area contributed by atoms with Crippen LogP contribution >= 0.6 is 0 Å². The Kier molecular flexibility index (Phi) is 5.04. The lowest BCUT2D eigenvalue weighted by atomic mass is 9.84. The summed E-state index contributed by atoms with van der Waals surface area (Å²) in [5.74, 6) is 2.28. The summed E-state index contributed by atoms with van der Waals surface area (Å²) in [5, 5.41) is 0. The van der Waals surface area contributed by atoms with Crippen LogP contribution in [0.4, 0.5) is 0 Å². The monoisotopic (exact) mass is 289 g/mol. The van der Waals surface area contributed by atoms with Crippen LogP contribution in [0.15, 0.2) is 24.3 Å². The second-order valence-corrected chi connectivity index (χ2v) is 6.52. The van der Waals surface area contributed by atoms with Gasteiger partial charge in [-0.25, -0.2) is 0 Å². The third kappa shape index (κ3) is 3.46. The number of piperidine rings is 1. The van der Waals surface area contributed by atoms with Gasteiger partial charge in [0.2, 0.25) is 0 Å². The number of benzene rings is 1. The smallest absolute Gasteiger partial charge is 0.179 e. The minimum Gasteiger partial charge on any atom is -0.497 e. The van der Waals surface area contributed by atoms with E-state index in [1.807, 2.05) is 31.2 Å². The maximum absolute atomic E-state index is 12.7. The quantitative estimate of drug-likeness (QED) is 0.793. The number of carbonyl (C=O) groups excluding carboxylic acids is 1. The number of likely N-dealkylation sites (tertiary alicyclic amines) is 1. The molecular weight excluding hydrogens is 262 g/mol. The number of methoxy groups -OCH3 is 1. The van der Waals surface area contributed by atoms with Crippen LogP contribution in [-0.4, -0.2) is 36.4 Å². The summed E-state index contributed by atoms with van der Waals surface area (Å²) in [5.41, 5.74) is 0.765. The molecule has 0 spiro atoms. The summed E-state index contributed by atoms with van der Waals surface area (Å²) in [6.45, 7) is 9.86. The summed E-state index contributed by atoms with van der Waals surface area (Å²) < 4.78 is 5.15. The van der Waals surface area contributed by atoms with Gasteiger partial charge in [0.1, 0.15) is 5.75 Å². The van der Waals surface area contributed by atoms with Gasteiger partial charge in [0.25, 0.3) is 0 Å². The zero-order valence-corrected chi connectivity index (χ0v) is 13.8. The van der Waals surface area contributed by atoms with Crippen LogP contribution in [0.25, 0.3) is 0 Å². The fraction of sp³-hybridized carbons (Fsp3) is 0.611. The first kappa shape index (κ1) is 16.0. The van der Waals surface area contributed by atoms with Gasteiger partial charge in [-0.05, 0) is 56.4 Å². The van der Waals surface area contributed by atoms with Crippen LogP contribution in [-0.2, 0) is 0 Å². The van der Waals surface area contributed by atoms with Gasteiger partial charge >= 0.3 is 0 Å². The van der Waals surface area contributed by atoms with Gasteiger partial charge in [0.15, 0.2) is 5.78 Å². The molecule has 1 fully saturated rings. The molecule has 0 radical (unpaired) electrons. The molecule has 0 aliphatic carbocycles. The highest BCUT2D eigenvalue weighted by Gasteiger charge is 2.34. The Bertz CT molecular complexity index is 482. The molecule has 1 saturated heterocycles. The van der Waals surface area contributed by atoms with Crippen molar-refractivity contribution in [3.8, 4) is 5.75 Å². The van der Waals surface area contributed by atoms with Crippen LogP contribution < -0.4 is 4.74 Å². The molecule has 4 unspecified atom stereocenters. The lowest BCUT2D eigenvalue weighted by molar-refractivity contribution is 0.0406. The van der Waals surface area contributed by atoms with Crippen LogP contribution in [0, 0.1) is 11.8 Å². The Labute approximate surface area is 128 Å². The van der Waals surface area contributed by atoms with Gasteiger partial charge in [-0.1, -0.05) is 13.8 Å². The first-order chi connectivity index (χ1) is 9.93. The number of carbonyl (C=O) groups is 1. The topological polar surface area (TPSA) is 29.5 Å². The second-order valence-electron chi connectivity index (χ2n) is 6.52. The molecule has 0 bridgehead atoms. The van der Waals surface area contributed by atoms with Crippen molar-refractivity contribution in [3.63, 3.8) is 0 Å². The Morgan fingerprint density at radius 2 is 1.86 bits per heavy atom. The normalized spacial score (nSPS) is 28.1. The summed E-state index contributed by atoms with van der Waals surface area (Å²) in [6, 6.07) is 7.81. The fourth-order valence-corrected chi connectivity index (χ4v) is 3.42. The minimum atomic E-state index is -0.0707. The summed E-state index contributed by atoms with van der Waals surface area (Å²) in [4.78, 5) is 15.1. The van der Waals surface area contributed by atoms with Crippen LogP contribution in [0.1, 0.15) is 44.5 Å². The molecule has 21 heavy (non-hydrogen) atoms. The Morgan fingerprint density at radius 3 is 2.43 bits per heavy atom. The molecule has 1 aromatic rings. The molecule has 116 valence electrons. The molecule has 1 aromatic carbocycles. The zero-order chi connectivity index (χ0) is 15.6. The van der Waals surface area contributed by atoms with E-state index in [1.54, 1.807) is 7.11 Å². The highest BCUT2D eigenvalue weighted by Crippen LogP contribution is 2.29. The van der Waals surface area contributed by atoms with Crippen molar-refractivity contribution in [2.24, 2.45) is 11.8 Å². The number of ether oxygens (including phenoxy) is 1. The molecular formula is C18H27NO2. The third-order valence-electron chi connectivity index (χ3n) is 4.89. The number of Topliss-reactive ketones (excluding diaryl/α,β-unsaturated/α-hetero) is 1. The van der Waals surface area contributed by atoms with E-state index < -0.39 is 0 Å². The van der Waals surface area contributed by atoms with Crippen LogP contribution in [0.3, 0.4) is 0 Å². The van der Waals surface area contributed by atoms with Crippen molar-refractivity contribution in [2.45, 2.75) is 46.2 Å². The van der Waals surface area contributed by atoms with E-state index >= 15 is 0 Å². The summed E-state index contributed by atoms with van der Waals surface area (Å²) in [7, 11) is 1.64. The molecule has 0 saturated carbocycles. The standard InChI is InChI=1S/C18H27NO2/c1-12-10-13(2)14(3)19(11-12)15(4)18(20)16-6-8-17(21-5)9-7-16/h6-9,12-15H,10-11H2,1-5H3. The lowest BCUT2D eigenvalue weighted by Crippen LogP contribution is -2.52. The first-order valence-electron chi connectivity index (χ1n) is 7.88. The van der Waals surface area contributed by atoms with E-state index in [-0.39, 0.29) is 11.8 Å². The van der Waals surface area contributed by atoms with E-state index in [0.29, 0.717) is 17.9 Å². The minimum absolute atomic E-state index is 0.0707. The van der Waals surface area contributed by atoms with Gasteiger partial charge in [-0.15, -0.1) is 0 Å². The molecule has 0 aromatic heterocycles. The predicted octanol–water partition coefficient (Wildman–Crippen LogP) is 3.63. The number of nitrogens with zero attached hydrogens (tertiary/aromatic N) is 1. The predicted molar refractivity (Wildman–Crippen MR) is 85.9 cm³/mol. The van der Waals surface area contributed by atoms with Crippen molar-refractivity contribution in [1.82, 2.24) is 4.90 Å². The van der Waals surface area contributed by atoms with Crippen molar-refractivity contribution >= 4 is 5.78 Å². The van der Waals surface area contributed by atoms with Gasteiger partial charge in [0.05, 0.1) is 13.2 Å².